The van der Waals surface area contributed by atoms with E-state index < -0.39 is 0 Å². The lowest BCUT2D eigenvalue weighted by Crippen LogP contribution is -2.31. The first-order valence-corrected chi connectivity index (χ1v) is 8.53. The smallest absolute Gasteiger partial charge is 0.252 e. The maximum absolute atomic E-state index is 11.9. The number of nitrogens with one attached hydrogen (secondary N) is 2. The highest BCUT2D eigenvalue weighted by Gasteiger charge is 2.05. The molecule has 2 N–H and O–H groups in total. The van der Waals surface area contributed by atoms with Gasteiger partial charge in [-0.2, -0.15) is 0 Å². The van der Waals surface area contributed by atoms with Crippen molar-refractivity contribution in [2.24, 2.45) is 0 Å². The van der Waals surface area contributed by atoms with Crippen LogP contribution < -0.4 is 10.6 Å². The number of carbonyl (C=O) groups excluding carboxylic acids is 1. The fraction of sp³-hybridized carbons (Fsp3) is 0.167. The van der Waals surface area contributed by atoms with Crippen LogP contribution in [-0.2, 0) is 6.54 Å². The number of rotatable bonds is 7. The Bertz CT molecular complexity index is 774. The fourth-order valence-electron chi connectivity index (χ4n) is 2.18. The largest absolute Gasteiger partial charge is 0.351 e. The second-order valence-corrected chi connectivity index (χ2v) is 6.29. The lowest BCUT2D eigenvalue weighted by Gasteiger charge is -2.05. The molecule has 1 aromatic carbocycles. The Morgan fingerprint density at radius 1 is 1.04 bits per heavy atom. The van der Waals surface area contributed by atoms with Crippen molar-refractivity contribution in [1.82, 2.24) is 20.6 Å². The summed E-state index contributed by atoms with van der Waals surface area (Å²) in [6, 6.07) is 13.6. The molecule has 0 aliphatic carbocycles. The van der Waals surface area contributed by atoms with Gasteiger partial charge in [-0.3, -0.25) is 9.78 Å². The predicted octanol–water partition coefficient (Wildman–Crippen LogP) is 2.72. The third-order valence-electron chi connectivity index (χ3n) is 3.38. The summed E-state index contributed by atoms with van der Waals surface area (Å²) in [5.74, 6) is -0.103. The monoisotopic (exact) mass is 338 g/mol. The Balaban J connectivity index is 1.40. The number of hydrogen-bond acceptors (Lipinski definition) is 5. The van der Waals surface area contributed by atoms with Crippen LogP contribution in [0.4, 0.5) is 0 Å². The van der Waals surface area contributed by atoms with Crippen LogP contribution in [-0.4, -0.2) is 29.0 Å². The average Bonchev–Trinajstić information content (AvgIpc) is 3.12. The maximum atomic E-state index is 11.9. The van der Waals surface area contributed by atoms with Gasteiger partial charge in [-0.15, -0.1) is 11.3 Å². The zero-order chi connectivity index (χ0) is 16.6. The summed E-state index contributed by atoms with van der Waals surface area (Å²) in [7, 11) is 0. The lowest BCUT2D eigenvalue weighted by molar-refractivity contribution is 0.0953. The topological polar surface area (TPSA) is 66.9 Å². The van der Waals surface area contributed by atoms with Crippen LogP contribution in [0, 0.1) is 0 Å². The van der Waals surface area contributed by atoms with Gasteiger partial charge in [0.05, 0.1) is 5.56 Å². The maximum Gasteiger partial charge on any atom is 0.252 e. The van der Waals surface area contributed by atoms with Gasteiger partial charge in [-0.05, 0) is 12.1 Å². The van der Waals surface area contributed by atoms with Crippen molar-refractivity contribution in [1.29, 1.82) is 0 Å². The van der Waals surface area contributed by atoms with Crippen molar-refractivity contribution in [3.8, 4) is 10.6 Å². The minimum atomic E-state index is -0.103. The molecule has 3 rings (SSSR count). The minimum absolute atomic E-state index is 0.103. The van der Waals surface area contributed by atoms with Gasteiger partial charge in [0.25, 0.3) is 5.91 Å². The van der Waals surface area contributed by atoms with Crippen molar-refractivity contribution in [2.75, 3.05) is 13.1 Å². The van der Waals surface area contributed by atoms with Crippen molar-refractivity contribution >= 4 is 17.2 Å². The summed E-state index contributed by atoms with van der Waals surface area (Å²) < 4.78 is 0. The molecule has 5 nitrogen and oxygen atoms in total. The number of thiazole rings is 1. The zero-order valence-electron chi connectivity index (χ0n) is 13.1. The summed E-state index contributed by atoms with van der Waals surface area (Å²) in [5, 5.41) is 7.20. The normalized spacial score (nSPS) is 10.5. The lowest BCUT2D eigenvalue weighted by atomic mass is 10.2. The van der Waals surface area contributed by atoms with Gasteiger partial charge in [0.2, 0.25) is 0 Å². The van der Waals surface area contributed by atoms with Crippen molar-refractivity contribution < 1.29 is 4.79 Å². The molecule has 6 heteroatoms. The fourth-order valence-corrected chi connectivity index (χ4v) is 3.07. The average molecular weight is 338 g/mol. The molecule has 1 amide bonds. The van der Waals surface area contributed by atoms with Crippen LogP contribution in [0.3, 0.4) is 0 Å². The van der Waals surface area contributed by atoms with Crippen LogP contribution >= 0.6 is 11.3 Å². The summed E-state index contributed by atoms with van der Waals surface area (Å²) in [5.41, 5.74) is 1.71. The molecule has 0 atom stereocenters. The van der Waals surface area contributed by atoms with Gasteiger partial charge in [0.1, 0.15) is 5.01 Å². The molecular weight excluding hydrogens is 320 g/mol. The number of carbonyl (C=O) groups is 1. The highest BCUT2D eigenvalue weighted by Crippen LogP contribution is 2.24. The van der Waals surface area contributed by atoms with Crippen LogP contribution in [0.15, 0.2) is 61.1 Å². The van der Waals surface area contributed by atoms with E-state index in [0.29, 0.717) is 18.7 Å². The van der Waals surface area contributed by atoms with E-state index in [0.717, 1.165) is 17.1 Å². The first kappa shape index (κ1) is 16.3. The van der Waals surface area contributed by atoms with E-state index in [1.54, 1.807) is 35.9 Å². The molecular formula is C18H18N4OS. The molecule has 122 valence electrons. The van der Waals surface area contributed by atoms with Crippen LogP contribution in [0.2, 0.25) is 0 Å². The molecule has 0 fully saturated rings. The van der Waals surface area contributed by atoms with Crippen molar-refractivity contribution in [3.05, 3.63) is 71.5 Å². The molecule has 0 saturated carbocycles. The number of aromatic nitrogens is 2. The number of amides is 1. The Labute approximate surface area is 144 Å². The highest BCUT2D eigenvalue weighted by atomic mass is 32.1. The Kier molecular flexibility index (Phi) is 5.65. The summed E-state index contributed by atoms with van der Waals surface area (Å²) >= 11 is 1.68. The number of benzene rings is 1. The van der Waals surface area contributed by atoms with Crippen molar-refractivity contribution in [2.45, 2.75) is 6.54 Å². The highest BCUT2D eigenvalue weighted by molar-refractivity contribution is 7.15. The van der Waals surface area contributed by atoms with Gasteiger partial charge in [-0.25, -0.2) is 4.98 Å². The van der Waals surface area contributed by atoms with Crippen LogP contribution in [0.25, 0.3) is 10.6 Å². The first-order valence-electron chi connectivity index (χ1n) is 7.72. The van der Waals surface area contributed by atoms with Gasteiger partial charge < -0.3 is 10.6 Å². The van der Waals surface area contributed by atoms with E-state index in [1.807, 2.05) is 24.4 Å². The van der Waals surface area contributed by atoms with E-state index >= 15 is 0 Å². The minimum Gasteiger partial charge on any atom is -0.351 e. The Morgan fingerprint density at radius 3 is 2.71 bits per heavy atom. The van der Waals surface area contributed by atoms with E-state index in [2.05, 4.69) is 32.7 Å². The molecule has 3 aromatic rings. The molecule has 0 unspecified atom stereocenters. The van der Waals surface area contributed by atoms with Gasteiger partial charge in [0, 0.05) is 48.7 Å². The molecule has 2 aromatic heterocycles. The van der Waals surface area contributed by atoms with E-state index in [4.69, 9.17) is 0 Å². The second kappa shape index (κ2) is 8.33. The molecule has 0 saturated heterocycles. The summed E-state index contributed by atoms with van der Waals surface area (Å²) in [4.78, 5) is 21.4. The van der Waals surface area contributed by atoms with Crippen molar-refractivity contribution in [3.63, 3.8) is 0 Å². The molecule has 24 heavy (non-hydrogen) atoms. The molecule has 2 heterocycles. The third kappa shape index (κ3) is 4.47. The van der Waals surface area contributed by atoms with Gasteiger partial charge in [0.15, 0.2) is 0 Å². The third-order valence-corrected chi connectivity index (χ3v) is 4.43. The molecule has 0 aliphatic heterocycles. The molecule has 0 bridgehead atoms. The quantitative estimate of drug-likeness (QED) is 0.650. The van der Waals surface area contributed by atoms with Crippen LogP contribution in [0.1, 0.15) is 15.2 Å². The number of hydrogen-bond donors (Lipinski definition) is 2. The van der Waals surface area contributed by atoms with E-state index in [-0.39, 0.29) is 5.91 Å². The Morgan fingerprint density at radius 2 is 1.92 bits per heavy atom. The zero-order valence-corrected chi connectivity index (χ0v) is 13.9. The summed E-state index contributed by atoms with van der Waals surface area (Å²) in [6.07, 6.45) is 5.11. The van der Waals surface area contributed by atoms with Gasteiger partial charge in [-0.1, -0.05) is 30.3 Å². The molecule has 0 aliphatic rings. The molecule has 0 spiro atoms. The summed E-state index contributed by atoms with van der Waals surface area (Å²) in [6.45, 7) is 2.01. The second-order valence-electron chi connectivity index (χ2n) is 5.17. The number of nitrogens with zero attached hydrogens (tertiary/aromatic N) is 2. The molecule has 0 radical (unpaired) electrons. The van der Waals surface area contributed by atoms with Crippen LogP contribution in [0.5, 0.6) is 0 Å². The number of pyridine rings is 1. The van der Waals surface area contributed by atoms with Gasteiger partial charge >= 0.3 is 0 Å². The first-order chi connectivity index (χ1) is 11.8. The predicted molar refractivity (Wildman–Crippen MR) is 95.8 cm³/mol. The Hall–Kier alpha value is -2.57. The van der Waals surface area contributed by atoms with E-state index in [9.17, 15) is 4.79 Å². The SMILES string of the molecule is O=C(NCCNCc1cnc(-c2ccccc2)s1)c1cccnc1. The van der Waals surface area contributed by atoms with E-state index in [1.165, 1.54) is 4.88 Å². The standard InChI is InChI=1S/C18H18N4OS/c23-17(15-7-4-8-19-11-15)21-10-9-20-12-16-13-22-18(24-16)14-5-2-1-3-6-14/h1-8,11,13,20H,9-10,12H2,(H,21,23).